The highest BCUT2D eigenvalue weighted by atomic mass is 32.2. The van der Waals surface area contributed by atoms with Crippen LogP contribution in [-0.4, -0.2) is 5.78 Å². The summed E-state index contributed by atoms with van der Waals surface area (Å²) in [5.41, 5.74) is 2.35. The molecule has 1 aromatic carbocycles. The van der Waals surface area contributed by atoms with Gasteiger partial charge in [-0.2, -0.15) is 0 Å². The van der Waals surface area contributed by atoms with Gasteiger partial charge in [0.05, 0.1) is 18.3 Å². The Kier molecular flexibility index (Phi) is 5.03. The Balaban J connectivity index is 1.74. The van der Waals surface area contributed by atoms with Crippen LogP contribution in [-0.2, 0) is 5.75 Å². The van der Waals surface area contributed by atoms with Gasteiger partial charge in [0.2, 0.25) is 0 Å². The molecule has 0 spiro atoms. The number of carbonyl (C=O) groups is 1. The summed E-state index contributed by atoms with van der Waals surface area (Å²) in [6.07, 6.45) is 3.61. The average Bonchev–Trinajstić information content (AvgIpc) is 3.25. The topological polar surface area (TPSA) is 43.4 Å². The quantitative estimate of drug-likeness (QED) is 0.543. The van der Waals surface area contributed by atoms with Gasteiger partial charge >= 0.3 is 0 Å². The number of Topliss-reactive ketones (excluding diaryl/α,β-unsaturated/α-hetero) is 1. The van der Waals surface area contributed by atoms with E-state index in [1.165, 1.54) is 11.8 Å². The van der Waals surface area contributed by atoms with Crippen molar-refractivity contribution in [3.8, 4) is 0 Å². The molecule has 2 aromatic heterocycles. The van der Waals surface area contributed by atoms with E-state index in [9.17, 15) is 4.79 Å². The minimum atomic E-state index is 0.0209. The zero-order valence-electron chi connectivity index (χ0n) is 12.9. The molecule has 0 radical (unpaired) electrons. The fourth-order valence-electron chi connectivity index (χ4n) is 2.34. The Morgan fingerprint density at radius 3 is 2.43 bits per heavy atom. The van der Waals surface area contributed by atoms with Crippen molar-refractivity contribution in [3.05, 3.63) is 83.7 Å². The Bertz CT molecular complexity index is 728. The molecule has 0 aliphatic heterocycles. The number of aryl methyl sites for hydroxylation is 1. The Morgan fingerprint density at radius 1 is 1.04 bits per heavy atom. The third-order valence-electron chi connectivity index (χ3n) is 3.62. The second-order valence-corrected chi connectivity index (χ2v) is 6.59. The smallest absolute Gasteiger partial charge is 0.199 e. The summed E-state index contributed by atoms with van der Waals surface area (Å²) in [4.78, 5) is 12.4. The predicted octanol–water partition coefficient (Wildman–Crippen LogP) is 5.43. The van der Waals surface area contributed by atoms with E-state index in [1.54, 1.807) is 30.2 Å². The van der Waals surface area contributed by atoms with Gasteiger partial charge in [-0.05, 0) is 36.8 Å². The lowest BCUT2D eigenvalue weighted by molar-refractivity contribution is 0.0955. The van der Waals surface area contributed by atoms with Crippen LogP contribution in [0.1, 0.15) is 39.1 Å². The van der Waals surface area contributed by atoms with Crippen LogP contribution >= 0.6 is 11.8 Å². The Morgan fingerprint density at radius 2 is 1.78 bits per heavy atom. The molecule has 1 atom stereocenters. The minimum Gasteiger partial charge on any atom is -0.468 e. The molecule has 118 valence electrons. The maximum atomic E-state index is 12.4. The van der Waals surface area contributed by atoms with Gasteiger partial charge in [-0.25, -0.2) is 0 Å². The monoisotopic (exact) mass is 326 g/mol. The summed E-state index contributed by atoms with van der Waals surface area (Å²) >= 11 is 1.71. The molecule has 0 aliphatic carbocycles. The first kappa shape index (κ1) is 15.7. The van der Waals surface area contributed by atoms with Gasteiger partial charge in [-0.1, -0.05) is 29.8 Å². The molecule has 4 heteroatoms. The molecular formula is C19H18O3S. The number of furan rings is 2. The lowest BCUT2D eigenvalue weighted by Crippen LogP contribution is -2.05. The fourth-order valence-corrected chi connectivity index (χ4v) is 3.49. The van der Waals surface area contributed by atoms with E-state index in [2.05, 4.69) is 31.2 Å². The number of ketones is 1. The van der Waals surface area contributed by atoms with Gasteiger partial charge in [0.1, 0.15) is 5.76 Å². The van der Waals surface area contributed by atoms with Crippen molar-refractivity contribution < 1.29 is 13.6 Å². The maximum Gasteiger partial charge on any atom is 0.199 e. The molecule has 0 saturated carbocycles. The lowest BCUT2D eigenvalue weighted by Gasteiger charge is -2.15. The standard InChI is InChI=1S/C19H18O3S/c1-14-6-8-15(9-7-14)19(23-13-16-4-2-10-21-16)12-17(20)18-5-3-11-22-18/h2-11,19H,12-13H2,1H3/t19-/m1/s1. The molecule has 3 nitrogen and oxygen atoms in total. The van der Waals surface area contributed by atoms with Crippen molar-refractivity contribution in [2.24, 2.45) is 0 Å². The number of rotatable bonds is 7. The van der Waals surface area contributed by atoms with E-state index in [-0.39, 0.29) is 11.0 Å². The van der Waals surface area contributed by atoms with E-state index in [4.69, 9.17) is 8.83 Å². The van der Waals surface area contributed by atoms with Crippen LogP contribution in [0.4, 0.5) is 0 Å². The minimum absolute atomic E-state index is 0.0209. The summed E-state index contributed by atoms with van der Waals surface area (Å²) in [5, 5.41) is 0.0679. The van der Waals surface area contributed by atoms with Crippen LogP contribution in [0.2, 0.25) is 0 Å². The van der Waals surface area contributed by atoms with Crippen LogP contribution in [0, 0.1) is 6.92 Å². The largest absolute Gasteiger partial charge is 0.468 e. The summed E-state index contributed by atoms with van der Waals surface area (Å²) < 4.78 is 10.6. The average molecular weight is 326 g/mol. The molecule has 0 N–H and O–H groups in total. The van der Waals surface area contributed by atoms with Gasteiger partial charge in [-0.3, -0.25) is 4.79 Å². The highest BCUT2D eigenvalue weighted by Crippen LogP contribution is 2.35. The van der Waals surface area contributed by atoms with Crippen molar-refractivity contribution in [2.45, 2.75) is 24.3 Å². The van der Waals surface area contributed by atoms with E-state index in [0.717, 1.165) is 17.1 Å². The number of hydrogen-bond acceptors (Lipinski definition) is 4. The number of benzene rings is 1. The van der Waals surface area contributed by atoms with E-state index in [0.29, 0.717) is 12.2 Å². The van der Waals surface area contributed by atoms with Crippen LogP contribution in [0.3, 0.4) is 0 Å². The molecule has 0 amide bonds. The number of hydrogen-bond donors (Lipinski definition) is 0. The number of thioether (sulfide) groups is 1. The third kappa shape index (κ3) is 4.17. The Hall–Kier alpha value is -2.20. The van der Waals surface area contributed by atoms with E-state index in [1.807, 2.05) is 12.1 Å². The second kappa shape index (κ2) is 7.38. The molecule has 23 heavy (non-hydrogen) atoms. The van der Waals surface area contributed by atoms with Crippen molar-refractivity contribution >= 4 is 17.5 Å². The van der Waals surface area contributed by atoms with Crippen molar-refractivity contribution in [2.75, 3.05) is 0 Å². The maximum absolute atomic E-state index is 12.4. The molecule has 3 aromatic rings. The fraction of sp³-hybridized carbons (Fsp3) is 0.211. The van der Waals surface area contributed by atoms with E-state index >= 15 is 0 Å². The molecule has 0 saturated heterocycles. The van der Waals surface area contributed by atoms with Crippen molar-refractivity contribution in [3.63, 3.8) is 0 Å². The van der Waals surface area contributed by atoms with Crippen LogP contribution < -0.4 is 0 Å². The van der Waals surface area contributed by atoms with Gasteiger partial charge < -0.3 is 8.83 Å². The van der Waals surface area contributed by atoms with Gasteiger partial charge in [0, 0.05) is 11.7 Å². The zero-order chi connectivity index (χ0) is 16.1. The van der Waals surface area contributed by atoms with Gasteiger partial charge in [-0.15, -0.1) is 11.8 Å². The molecule has 0 unspecified atom stereocenters. The van der Waals surface area contributed by atoms with Crippen LogP contribution in [0.5, 0.6) is 0 Å². The Labute approximate surface area is 139 Å². The third-order valence-corrected chi connectivity index (χ3v) is 4.92. The molecule has 0 bridgehead atoms. The zero-order valence-corrected chi connectivity index (χ0v) is 13.7. The first-order chi connectivity index (χ1) is 11.2. The summed E-state index contributed by atoms with van der Waals surface area (Å²) in [5.74, 6) is 2.09. The van der Waals surface area contributed by atoms with Crippen LogP contribution in [0.25, 0.3) is 0 Å². The molecular weight excluding hydrogens is 308 g/mol. The molecule has 3 rings (SSSR count). The van der Waals surface area contributed by atoms with Gasteiger partial charge in [0.25, 0.3) is 0 Å². The van der Waals surface area contributed by atoms with E-state index < -0.39 is 0 Å². The predicted molar refractivity (Wildman–Crippen MR) is 91.6 cm³/mol. The SMILES string of the molecule is Cc1ccc([C@@H](CC(=O)c2ccco2)SCc2ccco2)cc1. The normalized spacial score (nSPS) is 12.2. The lowest BCUT2D eigenvalue weighted by atomic mass is 10.0. The number of carbonyl (C=O) groups excluding carboxylic acids is 1. The summed E-state index contributed by atoms with van der Waals surface area (Å²) in [7, 11) is 0. The van der Waals surface area contributed by atoms with Gasteiger partial charge in [0.15, 0.2) is 11.5 Å². The summed E-state index contributed by atoms with van der Waals surface area (Å²) in [6, 6.07) is 15.6. The highest BCUT2D eigenvalue weighted by Gasteiger charge is 2.20. The molecule has 0 fully saturated rings. The first-order valence-corrected chi connectivity index (χ1v) is 8.54. The molecule has 2 heterocycles. The van der Waals surface area contributed by atoms with Crippen molar-refractivity contribution in [1.82, 2.24) is 0 Å². The second-order valence-electron chi connectivity index (χ2n) is 5.39. The highest BCUT2D eigenvalue weighted by molar-refractivity contribution is 7.98. The first-order valence-electron chi connectivity index (χ1n) is 7.49. The van der Waals surface area contributed by atoms with Crippen molar-refractivity contribution in [1.29, 1.82) is 0 Å². The molecule has 0 aliphatic rings. The summed E-state index contributed by atoms with van der Waals surface area (Å²) in [6.45, 7) is 2.06. The van der Waals surface area contributed by atoms with Crippen LogP contribution in [0.15, 0.2) is 69.9 Å².